The first kappa shape index (κ1) is 25.3. The van der Waals surface area contributed by atoms with Crippen LogP contribution < -0.4 is 15.8 Å². The van der Waals surface area contributed by atoms with Crippen LogP contribution in [0.4, 0.5) is 20.2 Å². The molecule has 0 saturated carbocycles. The Balaban J connectivity index is 1.60. The zero-order valence-electron chi connectivity index (χ0n) is 19.0. The SMILES string of the molecule is NC1CCN=C1Nc1cccc(S(=O)(=O)Nc2cccc(C(CC(=O)O)c3cc(F)cc(F)c3)c2)c1. The number of carbonyl (C=O) groups is 1. The Morgan fingerprint density at radius 2 is 1.72 bits per heavy atom. The lowest BCUT2D eigenvalue weighted by Gasteiger charge is -2.18. The second-order valence-electron chi connectivity index (χ2n) is 8.40. The van der Waals surface area contributed by atoms with E-state index in [-0.39, 0.29) is 22.2 Å². The molecule has 0 bridgehead atoms. The molecule has 0 radical (unpaired) electrons. The quantitative estimate of drug-likeness (QED) is 0.360. The number of hydrogen-bond acceptors (Lipinski definition) is 6. The summed E-state index contributed by atoms with van der Waals surface area (Å²) in [6.07, 6.45) is 0.266. The number of aliphatic carboxylic acids is 1. The van der Waals surface area contributed by atoms with Crippen LogP contribution in [0.25, 0.3) is 0 Å². The van der Waals surface area contributed by atoms with Crippen molar-refractivity contribution in [2.24, 2.45) is 10.7 Å². The van der Waals surface area contributed by atoms with Gasteiger partial charge in [0.05, 0.1) is 17.4 Å². The van der Waals surface area contributed by atoms with Crippen LogP contribution in [0.1, 0.15) is 29.9 Å². The van der Waals surface area contributed by atoms with Gasteiger partial charge in [-0.25, -0.2) is 17.2 Å². The number of benzene rings is 3. The molecule has 1 aliphatic heterocycles. The smallest absolute Gasteiger partial charge is 0.304 e. The summed E-state index contributed by atoms with van der Waals surface area (Å²) in [5.74, 6) is -3.17. The number of nitrogens with one attached hydrogen (secondary N) is 2. The molecule has 0 fully saturated rings. The van der Waals surface area contributed by atoms with Gasteiger partial charge in [0.15, 0.2) is 0 Å². The Morgan fingerprint density at radius 3 is 2.39 bits per heavy atom. The Kier molecular flexibility index (Phi) is 7.32. The van der Waals surface area contributed by atoms with Gasteiger partial charge in [0.25, 0.3) is 10.0 Å². The third-order valence-corrected chi connectivity index (χ3v) is 7.08. The lowest BCUT2D eigenvalue weighted by molar-refractivity contribution is -0.137. The number of halogens is 2. The molecule has 1 aliphatic rings. The van der Waals surface area contributed by atoms with Crippen LogP contribution in [0.2, 0.25) is 0 Å². The van der Waals surface area contributed by atoms with E-state index < -0.39 is 40.0 Å². The summed E-state index contributed by atoms with van der Waals surface area (Å²) >= 11 is 0. The topological polar surface area (TPSA) is 134 Å². The molecule has 2 unspecified atom stereocenters. The number of sulfonamides is 1. The predicted molar refractivity (Wildman–Crippen MR) is 133 cm³/mol. The minimum absolute atomic E-state index is 0.0145. The van der Waals surface area contributed by atoms with Crippen molar-refractivity contribution in [2.45, 2.75) is 29.7 Å². The molecule has 4 rings (SSSR count). The number of rotatable bonds is 8. The molecule has 36 heavy (non-hydrogen) atoms. The fourth-order valence-corrected chi connectivity index (χ4v) is 5.11. The van der Waals surface area contributed by atoms with E-state index in [1.165, 1.54) is 30.3 Å². The fraction of sp³-hybridized carbons (Fsp3) is 0.200. The second kappa shape index (κ2) is 10.4. The minimum Gasteiger partial charge on any atom is -0.481 e. The number of carboxylic acids is 1. The number of aliphatic imine (C=N–C) groups is 1. The van der Waals surface area contributed by atoms with Gasteiger partial charge in [-0.05, 0) is 60.0 Å². The first-order valence-electron chi connectivity index (χ1n) is 11.1. The average molecular weight is 515 g/mol. The highest BCUT2D eigenvalue weighted by Crippen LogP contribution is 2.31. The molecule has 5 N–H and O–H groups in total. The van der Waals surface area contributed by atoms with Gasteiger partial charge in [-0.2, -0.15) is 0 Å². The summed E-state index contributed by atoms with van der Waals surface area (Å²) in [5.41, 5.74) is 7.16. The Bertz CT molecular complexity index is 1410. The number of nitrogens with zero attached hydrogens (tertiary/aromatic N) is 1. The Morgan fingerprint density at radius 1 is 1.03 bits per heavy atom. The van der Waals surface area contributed by atoms with Gasteiger partial charge in [0, 0.05) is 29.9 Å². The zero-order valence-corrected chi connectivity index (χ0v) is 19.8. The second-order valence-corrected chi connectivity index (χ2v) is 10.1. The van der Waals surface area contributed by atoms with Crippen molar-refractivity contribution < 1.29 is 27.1 Å². The number of nitrogens with two attached hydrogens (primary N) is 1. The van der Waals surface area contributed by atoms with Crippen molar-refractivity contribution in [3.63, 3.8) is 0 Å². The normalized spacial score (nSPS) is 16.3. The van der Waals surface area contributed by atoms with E-state index >= 15 is 0 Å². The van der Waals surface area contributed by atoms with Gasteiger partial charge in [-0.15, -0.1) is 0 Å². The molecule has 0 saturated heterocycles. The maximum absolute atomic E-state index is 13.8. The standard InChI is InChI=1S/C25H24F2N4O4S/c26-17-9-16(10-18(27)12-17)22(14-24(32)33)15-3-1-5-20(11-15)31-36(34,35)21-6-2-4-19(13-21)30-25-23(28)7-8-29-25/h1-6,9-13,22-23,31H,7-8,14,28H2,(H,29,30)(H,32,33). The van der Waals surface area contributed by atoms with Gasteiger partial charge < -0.3 is 16.2 Å². The highest BCUT2D eigenvalue weighted by molar-refractivity contribution is 7.92. The van der Waals surface area contributed by atoms with E-state index in [4.69, 9.17) is 5.73 Å². The maximum atomic E-state index is 13.8. The van der Waals surface area contributed by atoms with Crippen LogP contribution in [0, 0.1) is 11.6 Å². The van der Waals surface area contributed by atoms with E-state index in [1.807, 2.05) is 0 Å². The van der Waals surface area contributed by atoms with Gasteiger partial charge in [0.2, 0.25) is 0 Å². The first-order valence-corrected chi connectivity index (χ1v) is 12.6. The number of anilines is 2. The highest BCUT2D eigenvalue weighted by Gasteiger charge is 2.22. The molecule has 11 heteroatoms. The average Bonchev–Trinajstić information content (AvgIpc) is 3.21. The van der Waals surface area contributed by atoms with Crippen LogP contribution in [0.3, 0.4) is 0 Å². The molecule has 0 spiro atoms. The summed E-state index contributed by atoms with van der Waals surface area (Å²) in [7, 11) is -4.02. The molecule has 1 heterocycles. The van der Waals surface area contributed by atoms with E-state index in [0.717, 1.165) is 12.1 Å². The molecular weight excluding hydrogens is 490 g/mol. The molecule has 0 aliphatic carbocycles. The number of carboxylic acid groups (broad SMARTS) is 1. The van der Waals surface area contributed by atoms with Crippen molar-refractivity contribution in [3.8, 4) is 0 Å². The number of amidine groups is 1. The van der Waals surface area contributed by atoms with E-state index in [9.17, 15) is 27.1 Å². The summed E-state index contributed by atoms with van der Waals surface area (Å²) in [5, 5.41) is 12.4. The molecule has 8 nitrogen and oxygen atoms in total. The highest BCUT2D eigenvalue weighted by atomic mass is 32.2. The molecule has 0 amide bonds. The van der Waals surface area contributed by atoms with Gasteiger partial charge in [-0.3, -0.25) is 14.5 Å². The zero-order chi connectivity index (χ0) is 25.9. The van der Waals surface area contributed by atoms with Crippen LogP contribution in [0.5, 0.6) is 0 Å². The van der Waals surface area contributed by atoms with Gasteiger partial charge in [0.1, 0.15) is 17.5 Å². The van der Waals surface area contributed by atoms with E-state index in [1.54, 1.807) is 18.2 Å². The summed E-state index contributed by atoms with van der Waals surface area (Å²) in [6.45, 7) is 0.602. The van der Waals surface area contributed by atoms with Crippen molar-refractivity contribution in [2.75, 3.05) is 16.6 Å². The Hall–Kier alpha value is -3.83. The van der Waals surface area contributed by atoms with Gasteiger partial charge in [-0.1, -0.05) is 18.2 Å². The van der Waals surface area contributed by atoms with E-state index in [2.05, 4.69) is 15.0 Å². The van der Waals surface area contributed by atoms with Crippen LogP contribution >= 0.6 is 0 Å². The van der Waals surface area contributed by atoms with Crippen molar-refractivity contribution in [3.05, 3.63) is 89.5 Å². The first-order chi connectivity index (χ1) is 17.1. The monoisotopic (exact) mass is 514 g/mol. The number of hydrogen-bond donors (Lipinski definition) is 4. The van der Waals surface area contributed by atoms with E-state index in [0.29, 0.717) is 36.1 Å². The summed E-state index contributed by atoms with van der Waals surface area (Å²) in [4.78, 5) is 15.7. The van der Waals surface area contributed by atoms with Gasteiger partial charge >= 0.3 is 5.97 Å². The predicted octanol–water partition coefficient (Wildman–Crippen LogP) is 3.91. The largest absolute Gasteiger partial charge is 0.481 e. The minimum atomic E-state index is -4.02. The third-order valence-electron chi connectivity index (χ3n) is 5.70. The molecule has 2 atom stereocenters. The van der Waals surface area contributed by atoms with Crippen LogP contribution in [-0.2, 0) is 14.8 Å². The molecule has 3 aromatic rings. The molecular formula is C25H24F2N4O4S. The fourth-order valence-electron chi connectivity index (χ4n) is 4.01. The Labute approximate surface area is 206 Å². The van der Waals surface area contributed by atoms with Crippen molar-refractivity contribution in [1.82, 2.24) is 0 Å². The summed E-state index contributed by atoms with van der Waals surface area (Å²) in [6, 6.07) is 14.8. The molecule has 0 aromatic heterocycles. The lowest BCUT2D eigenvalue weighted by atomic mass is 9.88. The maximum Gasteiger partial charge on any atom is 0.304 e. The van der Waals surface area contributed by atoms with Crippen LogP contribution in [0.15, 0.2) is 76.6 Å². The molecule has 3 aromatic carbocycles. The van der Waals surface area contributed by atoms with Crippen molar-refractivity contribution >= 4 is 33.2 Å². The lowest BCUT2D eigenvalue weighted by Crippen LogP contribution is -2.32. The van der Waals surface area contributed by atoms with Crippen LogP contribution in [-0.4, -0.2) is 37.9 Å². The third kappa shape index (κ3) is 6.04. The summed E-state index contributed by atoms with van der Waals surface area (Å²) < 4.78 is 56.3. The van der Waals surface area contributed by atoms with Crippen molar-refractivity contribution in [1.29, 1.82) is 0 Å². The molecule has 188 valence electrons.